The van der Waals surface area contributed by atoms with Gasteiger partial charge in [0.05, 0.1) is 19.3 Å². The smallest absolute Gasteiger partial charge is 0.311 e. The van der Waals surface area contributed by atoms with Gasteiger partial charge in [0.1, 0.15) is 12.0 Å². The SMILES string of the molecule is O=C(O)C1COCC1NC(=O)[C@@H]1Cc2ccccc2N1. The third-order valence-corrected chi connectivity index (χ3v) is 3.81. The summed E-state index contributed by atoms with van der Waals surface area (Å²) in [4.78, 5) is 23.3. The summed E-state index contributed by atoms with van der Waals surface area (Å²) in [6.45, 7) is 0.404. The van der Waals surface area contributed by atoms with Crippen LogP contribution in [-0.4, -0.2) is 42.3 Å². The predicted octanol–water partition coefficient (Wildman–Crippen LogP) is 0.239. The molecular formula is C14H16N2O4. The van der Waals surface area contributed by atoms with E-state index in [4.69, 9.17) is 9.84 Å². The number of amides is 1. The molecule has 1 saturated heterocycles. The molecule has 6 heteroatoms. The van der Waals surface area contributed by atoms with Crippen LogP contribution in [0.25, 0.3) is 0 Å². The van der Waals surface area contributed by atoms with Crippen LogP contribution in [0.1, 0.15) is 5.56 Å². The number of carbonyl (C=O) groups is 2. The Morgan fingerprint density at radius 1 is 1.30 bits per heavy atom. The summed E-state index contributed by atoms with van der Waals surface area (Å²) in [7, 11) is 0. The lowest BCUT2D eigenvalue weighted by Crippen LogP contribution is -2.48. The Balaban J connectivity index is 1.63. The third kappa shape index (κ3) is 2.34. The number of hydrogen-bond acceptors (Lipinski definition) is 4. The number of aliphatic carboxylic acids is 1. The van der Waals surface area contributed by atoms with E-state index in [0.29, 0.717) is 6.42 Å². The molecule has 2 unspecified atom stereocenters. The molecule has 0 spiro atoms. The Morgan fingerprint density at radius 3 is 2.85 bits per heavy atom. The largest absolute Gasteiger partial charge is 0.481 e. The lowest BCUT2D eigenvalue weighted by molar-refractivity contribution is -0.142. The van der Waals surface area contributed by atoms with E-state index < -0.39 is 17.9 Å². The van der Waals surface area contributed by atoms with Crippen molar-refractivity contribution in [3.8, 4) is 0 Å². The number of anilines is 1. The highest BCUT2D eigenvalue weighted by atomic mass is 16.5. The first-order valence-corrected chi connectivity index (χ1v) is 6.60. The number of rotatable bonds is 3. The fraction of sp³-hybridized carbons (Fsp3) is 0.429. The maximum Gasteiger partial charge on any atom is 0.311 e. The Morgan fingerprint density at radius 2 is 2.10 bits per heavy atom. The number of benzene rings is 1. The zero-order chi connectivity index (χ0) is 14.1. The molecule has 0 bridgehead atoms. The van der Waals surface area contributed by atoms with Crippen molar-refractivity contribution in [3.63, 3.8) is 0 Å². The van der Waals surface area contributed by atoms with Crippen molar-refractivity contribution in [1.82, 2.24) is 5.32 Å². The second kappa shape index (κ2) is 5.13. The van der Waals surface area contributed by atoms with Gasteiger partial charge in [-0.05, 0) is 11.6 Å². The quantitative estimate of drug-likeness (QED) is 0.736. The van der Waals surface area contributed by atoms with Crippen LogP contribution in [0.15, 0.2) is 24.3 Å². The van der Waals surface area contributed by atoms with E-state index in [9.17, 15) is 9.59 Å². The molecule has 106 valence electrons. The lowest BCUT2D eigenvalue weighted by Gasteiger charge is -2.18. The maximum atomic E-state index is 12.2. The number of carbonyl (C=O) groups excluding carboxylic acids is 1. The van der Waals surface area contributed by atoms with Crippen LogP contribution in [0, 0.1) is 5.92 Å². The Labute approximate surface area is 116 Å². The number of hydrogen-bond donors (Lipinski definition) is 3. The average molecular weight is 276 g/mol. The topological polar surface area (TPSA) is 87.7 Å². The molecule has 0 saturated carbocycles. The van der Waals surface area contributed by atoms with Crippen molar-refractivity contribution in [3.05, 3.63) is 29.8 Å². The van der Waals surface area contributed by atoms with Gasteiger partial charge < -0.3 is 20.5 Å². The number of fused-ring (bicyclic) bond motifs is 1. The van der Waals surface area contributed by atoms with Gasteiger partial charge >= 0.3 is 5.97 Å². The minimum Gasteiger partial charge on any atom is -0.481 e. The summed E-state index contributed by atoms with van der Waals surface area (Å²) in [5, 5.41) is 15.0. The third-order valence-electron chi connectivity index (χ3n) is 3.81. The van der Waals surface area contributed by atoms with Crippen LogP contribution >= 0.6 is 0 Å². The van der Waals surface area contributed by atoms with Gasteiger partial charge in [0.2, 0.25) is 5.91 Å². The Kier molecular flexibility index (Phi) is 3.31. The van der Waals surface area contributed by atoms with Gasteiger partial charge in [-0.15, -0.1) is 0 Å². The summed E-state index contributed by atoms with van der Waals surface area (Å²) in [6.07, 6.45) is 0.618. The van der Waals surface area contributed by atoms with E-state index in [0.717, 1.165) is 11.3 Å². The molecule has 20 heavy (non-hydrogen) atoms. The minimum atomic E-state index is -0.935. The van der Waals surface area contributed by atoms with E-state index >= 15 is 0 Å². The van der Waals surface area contributed by atoms with Crippen LogP contribution in [0.5, 0.6) is 0 Å². The fourth-order valence-electron chi connectivity index (χ4n) is 2.68. The maximum absolute atomic E-state index is 12.2. The van der Waals surface area contributed by atoms with Gasteiger partial charge in [0.15, 0.2) is 0 Å². The molecule has 6 nitrogen and oxygen atoms in total. The van der Waals surface area contributed by atoms with Crippen molar-refractivity contribution in [2.45, 2.75) is 18.5 Å². The molecule has 3 rings (SSSR count). The second-order valence-electron chi connectivity index (χ2n) is 5.16. The summed E-state index contributed by atoms with van der Waals surface area (Å²) in [5.74, 6) is -1.78. The molecular weight excluding hydrogens is 260 g/mol. The molecule has 3 atom stereocenters. The summed E-state index contributed by atoms with van der Waals surface area (Å²) in [6, 6.07) is 6.96. The van der Waals surface area contributed by atoms with E-state index in [1.807, 2.05) is 24.3 Å². The average Bonchev–Trinajstić information content (AvgIpc) is 3.03. The first-order valence-electron chi connectivity index (χ1n) is 6.60. The standard InChI is InChI=1S/C14H16N2O4/c17-13(16-12-7-20-6-9(12)14(18)19)11-5-8-3-1-2-4-10(8)15-11/h1-4,9,11-12,15H,5-7H2,(H,16,17)(H,18,19)/t9?,11-,12?/m0/s1. The van der Waals surface area contributed by atoms with E-state index in [-0.39, 0.29) is 25.2 Å². The monoisotopic (exact) mass is 276 g/mol. The second-order valence-corrected chi connectivity index (χ2v) is 5.16. The van der Waals surface area contributed by atoms with Crippen molar-refractivity contribution in [1.29, 1.82) is 0 Å². The zero-order valence-electron chi connectivity index (χ0n) is 10.8. The van der Waals surface area contributed by atoms with Gasteiger partial charge in [-0.2, -0.15) is 0 Å². The van der Waals surface area contributed by atoms with Crippen molar-refractivity contribution >= 4 is 17.6 Å². The number of carboxylic acid groups (broad SMARTS) is 1. The van der Waals surface area contributed by atoms with Gasteiger partial charge in [0, 0.05) is 12.1 Å². The molecule has 2 heterocycles. The van der Waals surface area contributed by atoms with Gasteiger partial charge in [-0.25, -0.2) is 0 Å². The molecule has 1 aromatic carbocycles. The highest BCUT2D eigenvalue weighted by Gasteiger charge is 2.37. The van der Waals surface area contributed by atoms with Crippen LogP contribution in [0.4, 0.5) is 5.69 Å². The number of nitrogens with one attached hydrogen (secondary N) is 2. The Hall–Kier alpha value is -2.08. The molecule has 0 radical (unpaired) electrons. The number of para-hydroxylation sites is 1. The minimum absolute atomic E-state index is 0.151. The van der Waals surface area contributed by atoms with Gasteiger partial charge in [-0.3, -0.25) is 9.59 Å². The first kappa shape index (κ1) is 12.9. The highest BCUT2D eigenvalue weighted by molar-refractivity contribution is 5.88. The molecule has 0 aliphatic carbocycles. The van der Waals surface area contributed by atoms with E-state index in [1.54, 1.807) is 0 Å². The van der Waals surface area contributed by atoms with E-state index in [2.05, 4.69) is 10.6 Å². The van der Waals surface area contributed by atoms with Crippen LogP contribution < -0.4 is 10.6 Å². The normalized spacial score (nSPS) is 27.7. The lowest BCUT2D eigenvalue weighted by atomic mass is 10.0. The molecule has 1 fully saturated rings. The molecule has 0 aromatic heterocycles. The van der Waals surface area contributed by atoms with Crippen LogP contribution in [0.3, 0.4) is 0 Å². The number of ether oxygens (including phenoxy) is 1. The molecule has 1 aromatic rings. The molecule has 2 aliphatic heterocycles. The summed E-state index contributed by atoms with van der Waals surface area (Å²) in [5.41, 5.74) is 2.07. The Bertz CT molecular complexity index is 521. The van der Waals surface area contributed by atoms with Crippen LogP contribution in [0.2, 0.25) is 0 Å². The summed E-state index contributed by atoms with van der Waals surface area (Å²) >= 11 is 0. The predicted molar refractivity (Wildman–Crippen MR) is 71.4 cm³/mol. The van der Waals surface area contributed by atoms with Crippen molar-refractivity contribution in [2.24, 2.45) is 5.92 Å². The van der Waals surface area contributed by atoms with Crippen LogP contribution in [-0.2, 0) is 20.7 Å². The number of carboxylic acids is 1. The van der Waals surface area contributed by atoms with Crippen molar-refractivity contribution < 1.29 is 19.4 Å². The van der Waals surface area contributed by atoms with Gasteiger partial charge in [-0.1, -0.05) is 18.2 Å². The molecule has 3 N–H and O–H groups in total. The van der Waals surface area contributed by atoms with Gasteiger partial charge in [0.25, 0.3) is 0 Å². The highest BCUT2D eigenvalue weighted by Crippen LogP contribution is 2.25. The molecule has 1 amide bonds. The fourth-order valence-corrected chi connectivity index (χ4v) is 2.68. The summed E-state index contributed by atoms with van der Waals surface area (Å²) < 4.78 is 5.14. The molecule has 2 aliphatic rings. The zero-order valence-corrected chi connectivity index (χ0v) is 10.8. The first-order chi connectivity index (χ1) is 9.65. The van der Waals surface area contributed by atoms with E-state index in [1.165, 1.54) is 0 Å². The van der Waals surface area contributed by atoms with Crippen molar-refractivity contribution in [2.75, 3.05) is 18.5 Å².